The highest BCUT2D eigenvalue weighted by atomic mass is 35.5. The van der Waals surface area contributed by atoms with Crippen molar-refractivity contribution in [1.29, 1.82) is 0 Å². The molecule has 1 aromatic rings. The maximum absolute atomic E-state index is 11.7. The van der Waals surface area contributed by atoms with Crippen LogP contribution < -0.4 is 11.1 Å². The van der Waals surface area contributed by atoms with Crippen LogP contribution in [0, 0.1) is 0 Å². The first-order chi connectivity index (χ1) is 9.12. The highest BCUT2D eigenvalue weighted by Crippen LogP contribution is 2.21. The molecule has 0 aromatic heterocycles. The third-order valence-corrected chi connectivity index (χ3v) is 3.30. The molecule has 0 bridgehead atoms. The molecule has 0 fully saturated rings. The Morgan fingerprint density at radius 2 is 2.00 bits per heavy atom. The standard InChI is InChI=1S/C14H22ClN3O/c1-3-17-14(19)10-18(4-2)13(9-16)11-5-7-12(15)8-6-11/h5-8,13H,3-4,9-10,16H2,1-2H3,(H,17,19). The molecule has 0 aliphatic rings. The third kappa shape index (κ3) is 4.82. The molecule has 1 amide bonds. The Labute approximate surface area is 119 Å². The van der Waals surface area contributed by atoms with E-state index in [1.54, 1.807) is 0 Å². The van der Waals surface area contributed by atoms with Gasteiger partial charge in [-0.3, -0.25) is 9.69 Å². The maximum Gasteiger partial charge on any atom is 0.234 e. The lowest BCUT2D eigenvalue weighted by Crippen LogP contribution is -2.41. The Kier molecular flexibility index (Phi) is 6.84. The SMILES string of the molecule is CCNC(=O)CN(CC)C(CN)c1ccc(Cl)cc1. The first kappa shape index (κ1) is 16.0. The van der Waals surface area contributed by atoms with Gasteiger partial charge in [0.05, 0.1) is 6.54 Å². The fraction of sp³-hybridized carbons (Fsp3) is 0.500. The van der Waals surface area contributed by atoms with E-state index < -0.39 is 0 Å². The highest BCUT2D eigenvalue weighted by molar-refractivity contribution is 6.30. The molecule has 4 nitrogen and oxygen atoms in total. The quantitative estimate of drug-likeness (QED) is 0.802. The van der Waals surface area contributed by atoms with E-state index in [0.29, 0.717) is 24.7 Å². The number of benzene rings is 1. The van der Waals surface area contributed by atoms with E-state index in [1.807, 2.05) is 38.1 Å². The molecule has 5 heteroatoms. The summed E-state index contributed by atoms with van der Waals surface area (Å²) in [5, 5.41) is 3.51. The smallest absolute Gasteiger partial charge is 0.234 e. The van der Waals surface area contributed by atoms with Crippen molar-refractivity contribution < 1.29 is 4.79 Å². The van der Waals surface area contributed by atoms with Gasteiger partial charge in [-0.25, -0.2) is 0 Å². The van der Waals surface area contributed by atoms with Gasteiger partial charge in [0.15, 0.2) is 0 Å². The van der Waals surface area contributed by atoms with Crippen molar-refractivity contribution in [3.05, 3.63) is 34.9 Å². The monoisotopic (exact) mass is 283 g/mol. The van der Waals surface area contributed by atoms with Crippen molar-refractivity contribution >= 4 is 17.5 Å². The van der Waals surface area contributed by atoms with Crippen molar-refractivity contribution in [2.75, 3.05) is 26.2 Å². The number of amides is 1. The van der Waals surface area contributed by atoms with Crippen LogP contribution >= 0.6 is 11.6 Å². The van der Waals surface area contributed by atoms with Crippen LogP contribution in [0.5, 0.6) is 0 Å². The second-order valence-electron chi connectivity index (χ2n) is 4.32. The molecule has 1 atom stereocenters. The summed E-state index contributed by atoms with van der Waals surface area (Å²) in [6, 6.07) is 7.64. The van der Waals surface area contributed by atoms with Crippen molar-refractivity contribution in [2.24, 2.45) is 5.73 Å². The maximum atomic E-state index is 11.7. The summed E-state index contributed by atoms with van der Waals surface area (Å²) < 4.78 is 0. The molecule has 0 aliphatic carbocycles. The molecule has 1 aromatic carbocycles. The number of carbonyl (C=O) groups excluding carboxylic acids is 1. The van der Waals surface area contributed by atoms with E-state index in [9.17, 15) is 4.79 Å². The van der Waals surface area contributed by atoms with Gasteiger partial charge in [-0.2, -0.15) is 0 Å². The molecular formula is C14H22ClN3O. The summed E-state index contributed by atoms with van der Waals surface area (Å²) in [6.07, 6.45) is 0. The molecule has 19 heavy (non-hydrogen) atoms. The first-order valence-corrected chi connectivity index (χ1v) is 6.96. The molecule has 0 radical (unpaired) electrons. The second-order valence-corrected chi connectivity index (χ2v) is 4.76. The van der Waals surface area contributed by atoms with Gasteiger partial charge >= 0.3 is 0 Å². The van der Waals surface area contributed by atoms with Gasteiger partial charge < -0.3 is 11.1 Å². The minimum absolute atomic E-state index is 0.0248. The van der Waals surface area contributed by atoms with Gasteiger partial charge in [-0.15, -0.1) is 0 Å². The van der Waals surface area contributed by atoms with Crippen LogP contribution in [0.15, 0.2) is 24.3 Å². The molecule has 106 valence electrons. The number of nitrogens with one attached hydrogen (secondary N) is 1. The number of rotatable bonds is 7. The lowest BCUT2D eigenvalue weighted by Gasteiger charge is -2.29. The zero-order chi connectivity index (χ0) is 14.3. The van der Waals surface area contributed by atoms with E-state index in [4.69, 9.17) is 17.3 Å². The van der Waals surface area contributed by atoms with Gasteiger partial charge in [0.1, 0.15) is 0 Å². The number of hydrogen-bond donors (Lipinski definition) is 2. The van der Waals surface area contributed by atoms with Gasteiger partial charge in [0, 0.05) is 24.2 Å². The summed E-state index contributed by atoms with van der Waals surface area (Å²) in [6.45, 7) is 6.17. The number of likely N-dealkylation sites (N-methyl/N-ethyl adjacent to an activating group) is 2. The first-order valence-electron chi connectivity index (χ1n) is 6.58. The Morgan fingerprint density at radius 3 is 2.47 bits per heavy atom. The normalized spacial score (nSPS) is 12.5. The van der Waals surface area contributed by atoms with Gasteiger partial charge in [-0.1, -0.05) is 30.7 Å². The Bertz CT molecular complexity index is 394. The largest absolute Gasteiger partial charge is 0.355 e. The number of halogens is 1. The van der Waals surface area contributed by atoms with E-state index >= 15 is 0 Å². The third-order valence-electron chi connectivity index (χ3n) is 3.05. The van der Waals surface area contributed by atoms with Crippen LogP contribution in [0.3, 0.4) is 0 Å². The van der Waals surface area contributed by atoms with Crippen molar-refractivity contribution in [3.8, 4) is 0 Å². The predicted octanol–water partition coefficient (Wildman–Crippen LogP) is 1.80. The zero-order valence-electron chi connectivity index (χ0n) is 11.5. The van der Waals surface area contributed by atoms with E-state index in [1.165, 1.54) is 0 Å². The van der Waals surface area contributed by atoms with E-state index in [-0.39, 0.29) is 11.9 Å². The molecule has 3 N–H and O–H groups in total. The highest BCUT2D eigenvalue weighted by Gasteiger charge is 2.19. The Balaban J connectivity index is 2.80. The van der Waals surface area contributed by atoms with Crippen LogP contribution in [-0.2, 0) is 4.79 Å². The summed E-state index contributed by atoms with van der Waals surface area (Å²) >= 11 is 5.89. The summed E-state index contributed by atoms with van der Waals surface area (Å²) in [4.78, 5) is 13.8. The fourth-order valence-corrected chi connectivity index (χ4v) is 2.19. The fourth-order valence-electron chi connectivity index (χ4n) is 2.06. The Morgan fingerprint density at radius 1 is 1.37 bits per heavy atom. The summed E-state index contributed by atoms with van der Waals surface area (Å²) in [5.41, 5.74) is 6.94. The number of nitrogens with two attached hydrogens (primary N) is 1. The van der Waals surface area contributed by atoms with Crippen LogP contribution in [0.25, 0.3) is 0 Å². The number of carbonyl (C=O) groups is 1. The molecular weight excluding hydrogens is 262 g/mol. The van der Waals surface area contributed by atoms with Crippen LogP contribution in [-0.4, -0.2) is 37.0 Å². The van der Waals surface area contributed by atoms with E-state index in [2.05, 4.69) is 10.2 Å². The second kappa shape index (κ2) is 8.15. The molecule has 0 heterocycles. The van der Waals surface area contributed by atoms with Gasteiger partial charge in [-0.05, 0) is 31.2 Å². The van der Waals surface area contributed by atoms with Gasteiger partial charge in [0.2, 0.25) is 5.91 Å². The molecule has 0 spiro atoms. The molecule has 1 unspecified atom stereocenters. The predicted molar refractivity (Wildman–Crippen MR) is 79.2 cm³/mol. The minimum atomic E-state index is 0.0248. The number of hydrogen-bond acceptors (Lipinski definition) is 3. The molecule has 0 saturated heterocycles. The molecule has 0 aliphatic heterocycles. The molecule has 0 saturated carbocycles. The minimum Gasteiger partial charge on any atom is -0.355 e. The summed E-state index contributed by atoms with van der Waals surface area (Å²) in [7, 11) is 0. The average Bonchev–Trinajstić information content (AvgIpc) is 2.40. The lowest BCUT2D eigenvalue weighted by molar-refractivity contribution is -0.122. The zero-order valence-corrected chi connectivity index (χ0v) is 12.3. The molecule has 1 rings (SSSR count). The van der Waals surface area contributed by atoms with Crippen LogP contribution in [0.4, 0.5) is 0 Å². The van der Waals surface area contributed by atoms with Crippen LogP contribution in [0.1, 0.15) is 25.5 Å². The number of nitrogens with zero attached hydrogens (tertiary/aromatic N) is 1. The van der Waals surface area contributed by atoms with Gasteiger partial charge in [0.25, 0.3) is 0 Å². The Hall–Kier alpha value is -1.10. The van der Waals surface area contributed by atoms with Crippen molar-refractivity contribution in [3.63, 3.8) is 0 Å². The van der Waals surface area contributed by atoms with Crippen molar-refractivity contribution in [2.45, 2.75) is 19.9 Å². The average molecular weight is 284 g/mol. The van der Waals surface area contributed by atoms with Crippen LogP contribution in [0.2, 0.25) is 5.02 Å². The summed E-state index contributed by atoms with van der Waals surface area (Å²) in [5.74, 6) is 0.0248. The lowest BCUT2D eigenvalue weighted by atomic mass is 10.1. The van der Waals surface area contributed by atoms with Crippen molar-refractivity contribution in [1.82, 2.24) is 10.2 Å². The van der Waals surface area contributed by atoms with E-state index in [0.717, 1.165) is 12.1 Å². The topological polar surface area (TPSA) is 58.4 Å².